The van der Waals surface area contributed by atoms with Crippen LogP contribution in [0, 0.1) is 5.82 Å². The largest absolute Gasteiger partial charge is 0.485 e. The molecule has 3 aromatic rings. The average Bonchev–Trinajstić information content (AvgIpc) is 2.81. The highest BCUT2D eigenvalue weighted by atomic mass is 19.1. The van der Waals surface area contributed by atoms with E-state index in [2.05, 4.69) is 10.1 Å². The van der Waals surface area contributed by atoms with Crippen LogP contribution in [0.15, 0.2) is 42.5 Å². The molecule has 0 aliphatic carbocycles. The van der Waals surface area contributed by atoms with Gasteiger partial charge in [0.05, 0.1) is 0 Å². The molecule has 0 unspecified atom stereocenters. The highest BCUT2D eigenvalue weighted by Gasteiger charge is 2.06. The summed E-state index contributed by atoms with van der Waals surface area (Å²) in [5.41, 5.74) is 6.42. The number of ether oxygens (including phenoxy) is 1. The number of hydrogen-bond acceptors (Lipinski definition) is 4. The first-order chi connectivity index (χ1) is 9.22. The highest BCUT2D eigenvalue weighted by molar-refractivity contribution is 5.45. The smallest absolute Gasteiger partial charge is 0.189 e. The zero-order valence-corrected chi connectivity index (χ0v) is 9.95. The standard InChI is InChI=1S/C13H11FN4O/c14-9-3-1-4-10(7-9)19-8-12-16-13-6-2-5-11(15)18(13)17-12/h1-7H,8,15H2. The van der Waals surface area contributed by atoms with Crippen molar-refractivity contribution in [1.29, 1.82) is 0 Å². The van der Waals surface area contributed by atoms with E-state index in [1.54, 1.807) is 30.3 Å². The molecule has 0 saturated heterocycles. The Morgan fingerprint density at radius 1 is 1.21 bits per heavy atom. The number of nitrogens with two attached hydrogens (primary N) is 1. The third kappa shape index (κ3) is 2.33. The third-order valence-electron chi connectivity index (χ3n) is 2.60. The van der Waals surface area contributed by atoms with E-state index in [-0.39, 0.29) is 12.4 Å². The van der Waals surface area contributed by atoms with Crippen LogP contribution in [-0.2, 0) is 6.61 Å². The lowest BCUT2D eigenvalue weighted by atomic mass is 10.3. The Hall–Kier alpha value is -2.63. The lowest BCUT2D eigenvalue weighted by Gasteiger charge is -2.02. The van der Waals surface area contributed by atoms with Crippen LogP contribution in [0.4, 0.5) is 10.2 Å². The number of fused-ring (bicyclic) bond motifs is 1. The van der Waals surface area contributed by atoms with Gasteiger partial charge in [0, 0.05) is 6.07 Å². The molecule has 0 aliphatic rings. The van der Waals surface area contributed by atoms with Gasteiger partial charge in [-0.25, -0.2) is 9.37 Å². The second-order valence-corrected chi connectivity index (χ2v) is 3.99. The number of halogens is 1. The van der Waals surface area contributed by atoms with E-state index in [1.165, 1.54) is 16.6 Å². The molecule has 2 heterocycles. The van der Waals surface area contributed by atoms with Crippen molar-refractivity contribution < 1.29 is 9.13 Å². The van der Waals surface area contributed by atoms with Gasteiger partial charge < -0.3 is 10.5 Å². The van der Waals surface area contributed by atoms with Gasteiger partial charge in [0.2, 0.25) is 0 Å². The van der Waals surface area contributed by atoms with Crippen LogP contribution in [0.3, 0.4) is 0 Å². The van der Waals surface area contributed by atoms with Crippen LogP contribution in [0.5, 0.6) is 5.75 Å². The molecular weight excluding hydrogens is 247 g/mol. The van der Waals surface area contributed by atoms with Gasteiger partial charge >= 0.3 is 0 Å². The molecule has 0 aliphatic heterocycles. The van der Waals surface area contributed by atoms with Gasteiger partial charge in [-0.15, -0.1) is 5.10 Å². The fourth-order valence-electron chi connectivity index (χ4n) is 1.74. The summed E-state index contributed by atoms with van der Waals surface area (Å²) in [4.78, 5) is 4.26. The minimum atomic E-state index is -0.343. The Morgan fingerprint density at radius 3 is 2.84 bits per heavy atom. The van der Waals surface area contributed by atoms with Gasteiger partial charge in [0.25, 0.3) is 0 Å². The average molecular weight is 258 g/mol. The van der Waals surface area contributed by atoms with Crippen molar-refractivity contribution in [3.63, 3.8) is 0 Å². The summed E-state index contributed by atoms with van der Waals surface area (Å²) in [5, 5.41) is 4.21. The Morgan fingerprint density at radius 2 is 2.05 bits per heavy atom. The van der Waals surface area contributed by atoms with Crippen LogP contribution in [0.1, 0.15) is 5.82 Å². The maximum atomic E-state index is 13.0. The van der Waals surface area contributed by atoms with Gasteiger partial charge in [-0.2, -0.15) is 4.52 Å². The topological polar surface area (TPSA) is 65.4 Å². The number of rotatable bonds is 3. The molecule has 6 heteroatoms. The first-order valence-corrected chi connectivity index (χ1v) is 5.71. The predicted molar refractivity (Wildman–Crippen MR) is 68.1 cm³/mol. The summed E-state index contributed by atoms with van der Waals surface area (Å²) in [6, 6.07) is 11.3. The third-order valence-corrected chi connectivity index (χ3v) is 2.60. The van der Waals surface area contributed by atoms with E-state index in [0.717, 1.165) is 0 Å². The summed E-state index contributed by atoms with van der Waals surface area (Å²) >= 11 is 0. The molecule has 5 nitrogen and oxygen atoms in total. The van der Waals surface area contributed by atoms with Crippen molar-refractivity contribution in [1.82, 2.24) is 14.6 Å². The van der Waals surface area contributed by atoms with E-state index in [1.807, 2.05) is 0 Å². The van der Waals surface area contributed by atoms with Crippen molar-refractivity contribution in [2.45, 2.75) is 6.61 Å². The van der Waals surface area contributed by atoms with Gasteiger partial charge in [-0.1, -0.05) is 12.1 Å². The molecule has 0 radical (unpaired) electrons. The van der Waals surface area contributed by atoms with Crippen LogP contribution in [-0.4, -0.2) is 14.6 Å². The number of pyridine rings is 1. The van der Waals surface area contributed by atoms with E-state index in [9.17, 15) is 4.39 Å². The molecule has 1 aromatic carbocycles. The summed E-state index contributed by atoms with van der Waals surface area (Å²) in [5.74, 6) is 1.08. The van der Waals surface area contributed by atoms with Gasteiger partial charge in [0.1, 0.15) is 24.0 Å². The minimum Gasteiger partial charge on any atom is -0.485 e. The van der Waals surface area contributed by atoms with E-state index < -0.39 is 0 Å². The fraction of sp³-hybridized carbons (Fsp3) is 0.0769. The maximum Gasteiger partial charge on any atom is 0.189 e. The van der Waals surface area contributed by atoms with Crippen molar-refractivity contribution >= 4 is 11.5 Å². The van der Waals surface area contributed by atoms with E-state index >= 15 is 0 Å². The zero-order valence-electron chi connectivity index (χ0n) is 9.95. The molecule has 96 valence electrons. The van der Waals surface area contributed by atoms with Crippen molar-refractivity contribution in [2.24, 2.45) is 0 Å². The van der Waals surface area contributed by atoms with Crippen molar-refractivity contribution in [3.8, 4) is 5.75 Å². The second-order valence-electron chi connectivity index (χ2n) is 3.99. The molecule has 2 N–H and O–H groups in total. The van der Waals surface area contributed by atoms with Crippen LogP contribution in [0.2, 0.25) is 0 Å². The Balaban J connectivity index is 1.80. The monoisotopic (exact) mass is 258 g/mol. The first kappa shape index (κ1) is 11.5. The molecule has 0 spiro atoms. The predicted octanol–water partition coefficient (Wildman–Crippen LogP) is 2.03. The molecule has 2 aromatic heterocycles. The minimum absolute atomic E-state index is 0.157. The van der Waals surface area contributed by atoms with Crippen molar-refractivity contribution in [2.75, 3.05) is 5.73 Å². The highest BCUT2D eigenvalue weighted by Crippen LogP contribution is 2.14. The zero-order chi connectivity index (χ0) is 13.2. The number of nitrogens with zero attached hydrogens (tertiary/aromatic N) is 3. The molecule has 0 atom stereocenters. The number of nitrogen functional groups attached to an aromatic ring is 1. The quantitative estimate of drug-likeness (QED) is 0.780. The molecular formula is C13H11FN4O. The second kappa shape index (κ2) is 4.56. The summed E-state index contributed by atoms with van der Waals surface area (Å²) in [6.07, 6.45) is 0. The lowest BCUT2D eigenvalue weighted by Crippen LogP contribution is -2.00. The molecule has 3 rings (SSSR count). The summed E-state index contributed by atoms with van der Waals surface area (Å²) in [6.45, 7) is 0.157. The molecule has 19 heavy (non-hydrogen) atoms. The number of benzene rings is 1. The molecule has 0 saturated carbocycles. The van der Waals surface area contributed by atoms with Gasteiger partial charge in [0.15, 0.2) is 11.5 Å². The number of hydrogen-bond donors (Lipinski definition) is 1. The molecule has 0 amide bonds. The van der Waals surface area contributed by atoms with Crippen molar-refractivity contribution in [3.05, 3.63) is 54.1 Å². The van der Waals surface area contributed by atoms with E-state index in [4.69, 9.17) is 10.5 Å². The summed E-state index contributed by atoms with van der Waals surface area (Å²) in [7, 11) is 0. The van der Waals surface area contributed by atoms with E-state index in [0.29, 0.717) is 23.0 Å². The first-order valence-electron chi connectivity index (χ1n) is 5.71. The normalized spacial score (nSPS) is 10.8. The van der Waals surface area contributed by atoms with Gasteiger partial charge in [-0.05, 0) is 24.3 Å². The Labute approximate surface area is 108 Å². The number of aromatic nitrogens is 3. The SMILES string of the molecule is Nc1cccc2nc(COc3cccc(F)c3)nn12. The Kier molecular flexibility index (Phi) is 2.75. The fourth-order valence-corrected chi connectivity index (χ4v) is 1.74. The lowest BCUT2D eigenvalue weighted by molar-refractivity contribution is 0.294. The molecule has 0 bridgehead atoms. The summed E-state index contributed by atoms with van der Waals surface area (Å²) < 4.78 is 19.9. The molecule has 0 fully saturated rings. The van der Waals surface area contributed by atoms with Crippen LogP contribution >= 0.6 is 0 Å². The van der Waals surface area contributed by atoms with Gasteiger partial charge in [-0.3, -0.25) is 0 Å². The van der Waals surface area contributed by atoms with Crippen LogP contribution < -0.4 is 10.5 Å². The maximum absolute atomic E-state index is 13.0. The Bertz CT molecular complexity index is 725. The van der Waals surface area contributed by atoms with Crippen LogP contribution in [0.25, 0.3) is 5.65 Å². The number of anilines is 1.